The summed E-state index contributed by atoms with van der Waals surface area (Å²) in [6.07, 6.45) is 0. The Kier molecular flexibility index (Phi) is 4.28. The Bertz CT molecular complexity index is 823. The van der Waals surface area contributed by atoms with E-state index in [-0.39, 0.29) is 17.8 Å². The van der Waals surface area contributed by atoms with Crippen LogP contribution < -0.4 is 9.47 Å². The molecule has 0 aromatic heterocycles. The van der Waals surface area contributed by atoms with E-state index >= 15 is 0 Å². The first-order valence-corrected chi connectivity index (χ1v) is 8.62. The number of carboxylic acids is 1. The molecule has 1 fully saturated rings. The molecule has 0 radical (unpaired) electrons. The number of fused-ring (bicyclic) bond motifs is 1. The van der Waals surface area contributed by atoms with Gasteiger partial charge >= 0.3 is 5.97 Å². The van der Waals surface area contributed by atoms with Gasteiger partial charge in [-0.1, -0.05) is 18.2 Å². The van der Waals surface area contributed by atoms with Crippen LogP contribution in [-0.2, 0) is 4.79 Å². The van der Waals surface area contributed by atoms with Crippen LogP contribution in [0.5, 0.6) is 11.5 Å². The molecule has 136 valence electrons. The normalized spacial score (nSPS) is 25.2. The van der Waals surface area contributed by atoms with Crippen LogP contribution in [0.2, 0.25) is 0 Å². The molecule has 2 aromatic carbocycles. The van der Waals surface area contributed by atoms with E-state index in [1.165, 1.54) is 12.1 Å². The van der Waals surface area contributed by atoms with Gasteiger partial charge in [0.2, 0.25) is 0 Å². The third-order valence-corrected chi connectivity index (χ3v) is 5.22. The summed E-state index contributed by atoms with van der Waals surface area (Å²) in [5, 5.41) is 9.93. The molecule has 0 spiro atoms. The van der Waals surface area contributed by atoms with E-state index in [0.29, 0.717) is 31.3 Å². The average molecular weight is 357 g/mol. The summed E-state index contributed by atoms with van der Waals surface area (Å²) in [6, 6.07) is 11.4. The van der Waals surface area contributed by atoms with Gasteiger partial charge in [0.1, 0.15) is 19.0 Å². The van der Waals surface area contributed by atoms with E-state index in [1.807, 2.05) is 30.1 Å². The summed E-state index contributed by atoms with van der Waals surface area (Å²) in [4.78, 5) is 14.1. The summed E-state index contributed by atoms with van der Waals surface area (Å²) >= 11 is 0. The highest BCUT2D eigenvalue weighted by Crippen LogP contribution is 2.46. The van der Waals surface area contributed by atoms with E-state index in [9.17, 15) is 14.3 Å². The number of benzene rings is 2. The molecule has 0 aliphatic carbocycles. The van der Waals surface area contributed by atoms with E-state index in [4.69, 9.17) is 9.47 Å². The number of halogens is 1. The molecule has 1 N–H and O–H groups in total. The second kappa shape index (κ2) is 6.61. The first-order chi connectivity index (χ1) is 12.5. The molecule has 2 aromatic rings. The van der Waals surface area contributed by atoms with Crippen molar-refractivity contribution in [2.24, 2.45) is 5.92 Å². The van der Waals surface area contributed by atoms with Crippen molar-refractivity contribution in [1.29, 1.82) is 0 Å². The van der Waals surface area contributed by atoms with Crippen LogP contribution in [0.1, 0.15) is 23.1 Å². The lowest BCUT2D eigenvalue weighted by Crippen LogP contribution is -2.26. The van der Waals surface area contributed by atoms with E-state index in [1.54, 1.807) is 12.1 Å². The Labute approximate surface area is 151 Å². The van der Waals surface area contributed by atoms with Crippen molar-refractivity contribution in [3.63, 3.8) is 0 Å². The summed E-state index contributed by atoms with van der Waals surface area (Å²) in [5.74, 6) is -0.663. The van der Waals surface area contributed by atoms with Crippen LogP contribution in [0.15, 0.2) is 42.5 Å². The number of carbonyl (C=O) groups is 1. The summed E-state index contributed by atoms with van der Waals surface area (Å²) < 4.78 is 24.5. The topological polar surface area (TPSA) is 59.0 Å². The fourth-order valence-corrected chi connectivity index (χ4v) is 4.06. The highest BCUT2D eigenvalue weighted by molar-refractivity contribution is 5.73. The van der Waals surface area contributed by atoms with Crippen LogP contribution in [0.25, 0.3) is 0 Å². The fourth-order valence-electron chi connectivity index (χ4n) is 4.06. The Morgan fingerprint density at radius 2 is 1.73 bits per heavy atom. The van der Waals surface area contributed by atoms with Gasteiger partial charge in [-0.05, 0) is 42.4 Å². The zero-order valence-corrected chi connectivity index (χ0v) is 14.4. The number of likely N-dealkylation sites (N-methyl/N-ethyl adjacent to an activating group) is 1. The van der Waals surface area contributed by atoms with Gasteiger partial charge in [0.25, 0.3) is 0 Å². The van der Waals surface area contributed by atoms with E-state index in [2.05, 4.69) is 0 Å². The molecular weight excluding hydrogens is 337 g/mol. The fraction of sp³-hybridized carbons (Fsp3) is 0.350. The van der Waals surface area contributed by atoms with Crippen molar-refractivity contribution in [1.82, 2.24) is 4.90 Å². The minimum absolute atomic E-state index is 0.191. The Morgan fingerprint density at radius 3 is 2.42 bits per heavy atom. The highest BCUT2D eigenvalue weighted by atomic mass is 19.1. The largest absolute Gasteiger partial charge is 0.486 e. The molecule has 5 nitrogen and oxygen atoms in total. The molecule has 3 atom stereocenters. The van der Waals surface area contributed by atoms with Crippen LogP contribution >= 0.6 is 0 Å². The molecule has 0 amide bonds. The smallest absolute Gasteiger partial charge is 0.309 e. The van der Waals surface area contributed by atoms with E-state index < -0.39 is 11.9 Å². The molecule has 2 aliphatic heterocycles. The second-order valence-corrected chi connectivity index (χ2v) is 6.81. The molecule has 0 bridgehead atoms. The summed E-state index contributed by atoms with van der Waals surface area (Å²) in [6.45, 7) is 1.60. The standard InChI is InChI=1S/C20H20FNO4/c1-22-11-15(13-4-7-16-17(10-13)26-9-8-25-16)18(20(23)24)19(22)12-2-5-14(21)6-3-12/h2-7,10,15,18-19H,8-9,11H2,1H3,(H,23,24). The van der Waals surface area contributed by atoms with Crippen LogP contribution in [-0.4, -0.2) is 42.8 Å². The van der Waals surface area contributed by atoms with Gasteiger partial charge in [0.05, 0.1) is 5.92 Å². The zero-order valence-electron chi connectivity index (χ0n) is 14.4. The lowest BCUT2D eigenvalue weighted by Gasteiger charge is -2.24. The third-order valence-electron chi connectivity index (χ3n) is 5.22. The average Bonchev–Trinajstić information content (AvgIpc) is 2.99. The van der Waals surface area contributed by atoms with E-state index in [0.717, 1.165) is 11.1 Å². The Hall–Kier alpha value is -2.60. The van der Waals surface area contributed by atoms with Gasteiger partial charge in [-0.25, -0.2) is 4.39 Å². The maximum Gasteiger partial charge on any atom is 0.309 e. The van der Waals surface area contributed by atoms with Crippen molar-refractivity contribution in [2.75, 3.05) is 26.8 Å². The minimum atomic E-state index is -0.858. The maximum atomic E-state index is 13.3. The summed E-state index contributed by atoms with van der Waals surface area (Å²) in [7, 11) is 1.90. The van der Waals surface area contributed by atoms with Gasteiger partial charge in [-0.15, -0.1) is 0 Å². The molecule has 2 heterocycles. The predicted octanol–water partition coefficient (Wildman–Crippen LogP) is 3.07. The van der Waals surface area contributed by atoms with Crippen molar-refractivity contribution >= 4 is 5.97 Å². The lowest BCUT2D eigenvalue weighted by atomic mass is 9.83. The number of rotatable bonds is 3. The maximum absolute atomic E-state index is 13.3. The summed E-state index contributed by atoms with van der Waals surface area (Å²) in [5.41, 5.74) is 1.72. The molecule has 6 heteroatoms. The van der Waals surface area contributed by atoms with Crippen molar-refractivity contribution < 1.29 is 23.8 Å². The van der Waals surface area contributed by atoms with Crippen LogP contribution in [0, 0.1) is 11.7 Å². The van der Waals surface area contributed by atoms with Gasteiger partial charge < -0.3 is 14.6 Å². The predicted molar refractivity (Wildman–Crippen MR) is 93.1 cm³/mol. The van der Waals surface area contributed by atoms with Gasteiger partial charge in [0, 0.05) is 18.5 Å². The zero-order chi connectivity index (χ0) is 18.3. The number of aliphatic carboxylic acids is 1. The monoisotopic (exact) mass is 357 g/mol. The second-order valence-electron chi connectivity index (χ2n) is 6.81. The number of hydrogen-bond donors (Lipinski definition) is 1. The van der Waals surface area contributed by atoms with Gasteiger partial charge in [-0.2, -0.15) is 0 Å². The lowest BCUT2D eigenvalue weighted by molar-refractivity contribution is -0.143. The van der Waals surface area contributed by atoms with Gasteiger partial charge in [0.15, 0.2) is 11.5 Å². The quantitative estimate of drug-likeness (QED) is 0.915. The number of ether oxygens (including phenoxy) is 2. The Balaban J connectivity index is 1.70. The van der Waals surface area contributed by atoms with Gasteiger partial charge in [-0.3, -0.25) is 9.69 Å². The van der Waals surface area contributed by atoms with Crippen molar-refractivity contribution in [3.05, 3.63) is 59.4 Å². The number of likely N-dealkylation sites (tertiary alicyclic amines) is 1. The molecule has 3 unspecified atom stereocenters. The SMILES string of the molecule is CN1CC(c2ccc3c(c2)OCCO3)C(C(=O)O)C1c1ccc(F)cc1. The number of carboxylic acid groups (broad SMARTS) is 1. The molecule has 26 heavy (non-hydrogen) atoms. The number of nitrogens with zero attached hydrogens (tertiary/aromatic N) is 1. The Morgan fingerprint density at radius 1 is 1.08 bits per heavy atom. The molecule has 1 saturated heterocycles. The van der Waals surface area contributed by atoms with Crippen LogP contribution in [0.4, 0.5) is 4.39 Å². The number of hydrogen-bond acceptors (Lipinski definition) is 4. The third kappa shape index (κ3) is 2.90. The molecule has 0 saturated carbocycles. The first kappa shape index (κ1) is 16.8. The molecular formula is C20H20FNO4. The first-order valence-electron chi connectivity index (χ1n) is 8.62. The minimum Gasteiger partial charge on any atom is -0.486 e. The van der Waals surface area contributed by atoms with Crippen molar-refractivity contribution in [2.45, 2.75) is 12.0 Å². The molecule has 2 aliphatic rings. The molecule has 4 rings (SSSR count). The highest BCUT2D eigenvalue weighted by Gasteiger charge is 2.46. The van der Waals surface area contributed by atoms with Crippen molar-refractivity contribution in [3.8, 4) is 11.5 Å². The van der Waals surface area contributed by atoms with Crippen LogP contribution in [0.3, 0.4) is 0 Å².